The molecule has 0 atom stereocenters. The molecule has 4 aromatic rings. The molecule has 4 heterocycles. The van der Waals surface area contributed by atoms with Gasteiger partial charge in [0.1, 0.15) is 23.8 Å². The van der Waals surface area contributed by atoms with Crippen molar-refractivity contribution in [2.45, 2.75) is 27.2 Å². The van der Waals surface area contributed by atoms with Gasteiger partial charge >= 0.3 is 0 Å². The second kappa shape index (κ2) is 8.35. The van der Waals surface area contributed by atoms with Gasteiger partial charge in [-0.2, -0.15) is 0 Å². The Morgan fingerprint density at radius 1 is 1.00 bits per heavy atom. The summed E-state index contributed by atoms with van der Waals surface area (Å²) in [6.07, 6.45) is 4.31. The number of carbonyl (C=O) groups excluding carboxylic acids is 1. The third-order valence-corrected chi connectivity index (χ3v) is 6.59. The Kier molecular flexibility index (Phi) is 5.36. The maximum Gasteiger partial charge on any atom is 0.227 e. The van der Waals surface area contributed by atoms with Crippen LogP contribution >= 0.6 is 0 Å². The number of para-hydroxylation sites is 1. The lowest BCUT2D eigenvalue weighted by atomic mass is 10.1. The van der Waals surface area contributed by atoms with Crippen LogP contribution in [0.1, 0.15) is 22.8 Å². The number of benzene rings is 1. The second-order valence-electron chi connectivity index (χ2n) is 8.74. The average molecular weight is 444 g/mol. The van der Waals surface area contributed by atoms with E-state index in [2.05, 4.69) is 42.7 Å². The molecule has 0 bridgehead atoms. The standard InChI is InChI=1S/C25H29N7O/c1-17-18(2)32(16-26-17)24-14-23(27-19(3)28-24)30-9-11-31(12-10-30)25(33)13-20-15-29(4)22-8-6-5-7-21(20)22/h5-8,14-16H,9-13H2,1-4H3. The van der Waals surface area contributed by atoms with E-state index in [1.54, 1.807) is 6.33 Å². The zero-order valence-electron chi connectivity index (χ0n) is 19.6. The first kappa shape index (κ1) is 21.2. The van der Waals surface area contributed by atoms with Crippen LogP contribution in [0.4, 0.5) is 5.82 Å². The first-order chi connectivity index (χ1) is 15.9. The molecular weight excluding hydrogens is 414 g/mol. The molecule has 0 radical (unpaired) electrons. The molecule has 0 spiro atoms. The average Bonchev–Trinajstić information content (AvgIpc) is 3.32. The molecule has 1 aliphatic rings. The Morgan fingerprint density at radius 3 is 2.45 bits per heavy atom. The SMILES string of the molecule is Cc1nc(N2CCN(C(=O)Cc3cn(C)c4ccccc34)CC2)cc(-n2cnc(C)c2C)n1. The summed E-state index contributed by atoms with van der Waals surface area (Å²) in [5, 5.41) is 1.15. The summed E-state index contributed by atoms with van der Waals surface area (Å²) >= 11 is 0. The van der Waals surface area contributed by atoms with Crippen LogP contribution < -0.4 is 4.90 Å². The number of imidazole rings is 1. The highest BCUT2D eigenvalue weighted by Crippen LogP contribution is 2.23. The van der Waals surface area contributed by atoms with Gasteiger partial charge in [0.15, 0.2) is 0 Å². The maximum absolute atomic E-state index is 13.1. The van der Waals surface area contributed by atoms with Gasteiger partial charge in [-0.1, -0.05) is 18.2 Å². The first-order valence-electron chi connectivity index (χ1n) is 11.3. The fourth-order valence-corrected chi connectivity index (χ4v) is 4.58. The minimum Gasteiger partial charge on any atom is -0.353 e. The normalized spacial score (nSPS) is 14.3. The van der Waals surface area contributed by atoms with Gasteiger partial charge in [0, 0.05) is 62.1 Å². The number of fused-ring (bicyclic) bond motifs is 1. The van der Waals surface area contributed by atoms with Crippen molar-refractivity contribution in [2.75, 3.05) is 31.1 Å². The fraction of sp³-hybridized carbons (Fsp3) is 0.360. The van der Waals surface area contributed by atoms with Gasteiger partial charge in [-0.05, 0) is 32.4 Å². The number of aryl methyl sites for hydroxylation is 3. The van der Waals surface area contributed by atoms with Gasteiger partial charge in [0.05, 0.1) is 12.1 Å². The number of amides is 1. The Bertz CT molecular complexity index is 1330. The van der Waals surface area contributed by atoms with Crippen LogP contribution in [0.2, 0.25) is 0 Å². The predicted molar refractivity (Wildman–Crippen MR) is 129 cm³/mol. The zero-order chi connectivity index (χ0) is 23.1. The van der Waals surface area contributed by atoms with Crippen LogP contribution in [0, 0.1) is 20.8 Å². The number of hydrogen-bond acceptors (Lipinski definition) is 5. The molecule has 0 saturated carbocycles. The molecule has 33 heavy (non-hydrogen) atoms. The third kappa shape index (κ3) is 3.97. The number of hydrogen-bond donors (Lipinski definition) is 0. The number of rotatable bonds is 4. The highest BCUT2D eigenvalue weighted by molar-refractivity contribution is 5.89. The van der Waals surface area contributed by atoms with Crippen LogP contribution in [-0.4, -0.2) is 61.1 Å². The Balaban J connectivity index is 1.28. The molecular formula is C25H29N7O. The van der Waals surface area contributed by atoms with Crippen molar-refractivity contribution in [1.82, 2.24) is 29.0 Å². The molecule has 1 saturated heterocycles. The molecule has 170 valence electrons. The van der Waals surface area contributed by atoms with E-state index < -0.39 is 0 Å². The molecule has 5 rings (SSSR count). The lowest BCUT2D eigenvalue weighted by Gasteiger charge is -2.35. The monoisotopic (exact) mass is 443 g/mol. The van der Waals surface area contributed by atoms with Crippen LogP contribution in [0.5, 0.6) is 0 Å². The number of carbonyl (C=O) groups is 1. The van der Waals surface area contributed by atoms with E-state index in [-0.39, 0.29) is 5.91 Å². The number of aromatic nitrogens is 5. The van der Waals surface area contributed by atoms with Gasteiger partial charge < -0.3 is 14.4 Å². The van der Waals surface area contributed by atoms with E-state index in [0.717, 1.165) is 58.4 Å². The minimum absolute atomic E-state index is 0.176. The Morgan fingerprint density at radius 2 is 1.73 bits per heavy atom. The van der Waals surface area contributed by atoms with Crippen molar-refractivity contribution in [3.63, 3.8) is 0 Å². The van der Waals surface area contributed by atoms with Gasteiger partial charge in [-0.15, -0.1) is 0 Å². The van der Waals surface area contributed by atoms with Gasteiger partial charge in [-0.25, -0.2) is 15.0 Å². The number of piperazine rings is 1. The molecule has 1 aliphatic heterocycles. The minimum atomic E-state index is 0.176. The molecule has 1 fully saturated rings. The smallest absolute Gasteiger partial charge is 0.227 e. The Labute approximate surface area is 193 Å². The van der Waals surface area contributed by atoms with Gasteiger partial charge in [0.25, 0.3) is 0 Å². The van der Waals surface area contributed by atoms with Crippen LogP contribution in [-0.2, 0) is 18.3 Å². The zero-order valence-corrected chi connectivity index (χ0v) is 19.6. The summed E-state index contributed by atoms with van der Waals surface area (Å²) in [5.74, 6) is 2.62. The molecule has 3 aromatic heterocycles. The topological polar surface area (TPSA) is 72.1 Å². The lowest BCUT2D eigenvalue weighted by Crippen LogP contribution is -2.49. The first-order valence-corrected chi connectivity index (χ1v) is 11.3. The maximum atomic E-state index is 13.1. The van der Waals surface area contributed by atoms with Crippen LogP contribution in [0.15, 0.2) is 42.9 Å². The van der Waals surface area contributed by atoms with Crippen molar-refractivity contribution in [1.29, 1.82) is 0 Å². The van der Waals surface area contributed by atoms with E-state index in [4.69, 9.17) is 0 Å². The van der Waals surface area contributed by atoms with Crippen LogP contribution in [0.25, 0.3) is 16.7 Å². The van der Waals surface area contributed by atoms with Gasteiger partial charge in [0.2, 0.25) is 5.91 Å². The van der Waals surface area contributed by atoms with E-state index in [1.165, 1.54) is 0 Å². The van der Waals surface area contributed by atoms with Crippen molar-refractivity contribution in [3.05, 3.63) is 65.6 Å². The van der Waals surface area contributed by atoms with Crippen molar-refractivity contribution >= 4 is 22.6 Å². The van der Waals surface area contributed by atoms with E-state index in [1.807, 2.05) is 55.5 Å². The predicted octanol–water partition coefficient (Wildman–Crippen LogP) is 2.97. The summed E-state index contributed by atoms with van der Waals surface area (Å²) in [6, 6.07) is 10.2. The van der Waals surface area contributed by atoms with E-state index in [9.17, 15) is 4.79 Å². The van der Waals surface area contributed by atoms with Crippen molar-refractivity contribution in [2.24, 2.45) is 7.05 Å². The summed E-state index contributed by atoms with van der Waals surface area (Å²) in [4.78, 5) is 30.9. The molecule has 1 amide bonds. The number of anilines is 1. The van der Waals surface area contributed by atoms with Gasteiger partial charge in [-0.3, -0.25) is 9.36 Å². The third-order valence-electron chi connectivity index (χ3n) is 6.59. The highest BCUT2D eigenvalue weighted by Gasteiger charge is 2.24. The molecule has 8 heteroatoms. The summed E-state index contributed by atoms with van der Waals surface area (Å²) in [6.45, 7) is 8.82. The van der Waals surface area contributed by atoms with E-state index in [0.29, 0.717) is 19.5 Å². The molecule has 8 nitrogen and oxygen atoms in total. The highest BCUT2D eigenvalue weighted by atomic mass is 16.2. The Hall–Kier alpha value is -3.68. The largest absolute Gasteiger partial charge is 0.353 e. The fourth-order valence-electron chi connectivity index (χ4n) is 4.58. The molecule has 0 aliphatic carbocycles. The van der Waals surface area contributed by atoms with Crippen molar-refractivity contribution < 1.29 is 4.79 Å². The summed E-state index contributed by atoms with van der Waals surface area (Å²) in [7, 11) is 2.03. The van der Waals surface area contributed by atoms with Crippen LogP contribution in [0.3, 0.4) is 0 Å². The molecule has 0 unspecified atom stereocenters. The summed E-state index contributed by atoms with van der Waals surface area (Å²) in [5.41, 5.74) is 4.31. The second-order valence-corrected chi connectivity index (χ2v) is 8.74. The molecule has 1 aromatic carbocycles. The van der Waals surface area contributed by atoms with E-state index >= 15 is 0 Å². The number of nitrogens with zero attached hydrogens (tertiary/aromatic N) is 7. The quantitative estimate of drug-likeness (QED) is 0.485. The summed E-state index contributed by atoms with van der Waals surface area (Å²) < 4.78 is 4.09. The lowest BCUT2D eigenvalue weighted by molar-refractivity contribution is -0.130. The van der Waals surface area contributed by atoms with Crippen molar-refractivity contribution in [3.8, 4) is 5.82 Å². The molecule has 0 N–H and O–H groups in total.